The molecule has 2 aromatic carbocycles. The molecule has 4 amide bonds. The molecule has 3 aromatic heterocycles. The number of benzene rings is 2. The number of halogens is 2. The van der Waals surface area contributed by atoms with Crippen LogP contribution in [0.25, 0.3) is 44.5 Å². The highest BCUT2D eigenvalue weighted by molar-refractivity contribution is 6.39. The number of amides is 4. The molecule has 0 aliphatic carbocycles. The molecular formula is C43H44Cl2N8O8. The van der Waals surface area contributed by atoms with E-state index in [0.29, 0.717) is 74.8 Å². The topological polar surface area (TPSA) is 209 Å². The highest BCUT2D eigenvalue weighted by Crippen LogP contribution is 2.42. The highest BCUT2D eigenvalue weighted by atomic mass is 35.5. The number of nitrogens with one attached hydrogen (secondary N) is 3. The van der Waals surface area contributed by atoms with Crippen LogP contribution in [0, 0.1) is 0 Å². The van der Waals surface area contributed by atoms with Crippen molar-refractivity contribution in [3.8, 4) is 39.4 Å². The van der Waals surface area contributed by atoms with Crippen molar-refractivity contribution in [2.24, 2.45) is 0 Å². The van der Waals surface area contributed by atoms with Crippen LogP contribution in [0.2, 0.25) is 10.0 Å². The minimum atomic E-state index is -1.13. The van der Waals surface area contributed by atoms with E-state index in [2.05, 4.69) is 25.6 Å². The van der Waals surface area contributed by atoms with Gasteiger partial charge in [0.15, 0.2) is 5.65 Å². The summed E-state index contributed by atoms with van der Waals surface area (Å²) < 4.78 is 11.2. The Labute approximate surface area is 360 Å². The molecule has 7 rings (SSSR count). The van der Waals surface area contributed by atoms with Gasteiger partial charge in [-0.2, -0.15) is 0 Å². The number of rotatable bonds is 12. The molecule has 5 aromatic rings. The van der Waals surface area contributed by atoms with E-state index < -0.39 is 23.3 Å². The molecule has 4 N–H and O–H groups in total. The SMILES string of the molecule is COc1nc(-c2cccc(-c3cccc(-c4cnc5nc(CN(CC6CCC(=O)N6)C(=O)OC(C)(C)C)[nH]c(=O)c5c4)c3Cl)c2Cl)ccc1CN(CC1CCC(=O)N1)C(=O)O. The second kappa shape index (κ2) is 17.8. The van der Waals surface area contributed by atoms with Crippen LogP contribution < -0.4 is 20.9 Å². The lowest BCUT2D eigenvalue weighted by Gasteiger charge is -2.28. The first-order valence-electron chi connectivity index (χ1n) is 19.6. The predicted octanol–water partition coefficient (Wildman–Crippen LogP) is 6.80. The van der Waals surface area contributed by atoms with Crippen LogP contribution in [0.4, 0.5) is 9.59 Å². The number of aromatic nitrogens is 4. The molecule has 2 aliphatic heterocycles. The molecule has 2 saturated heterocycles. The van der Waals surface area contributed by atoms with Gasteiger partial charge in [-0.25, -0.2) is 24.5 Å². The lowest BCUT2D eigenvalue weighted by molar-refractivity contribution is -0.120. The third-order valence-electron chi connectivity index (χ3n) is 10.3. The summed E-state index contributed by atoms with van der Waals surface area (Å²) in [5.41, 5.74) is 2.86. The molecule has 18 heteroatoms. The lowest BCUT2D eigenvalue weighted by Crippen LogP contribution is -2.44. The molecule has 16 nitrogen and oxygen atoms in total. The Morgan fingerprint density at radius 2 is 1.44 bits per heavy atom. The van der Waals surface area contributed by atoms with Crippen LogP contribution in [0.5, 0.6) is 5.88 Å². The monoisotopic (exact) mass is 870 g/mol. The number of hydrogen-bond acceptors (Lipinski definition) is 10. The van der Waals surface area contributed by atoms with Crippen LogP contribution >= 0.6 is 23.2 Å². The van der Waals surface area contributed by atoms with E-state index in [-0.39, 0.29) is 72.8 Å². The summed E-state index contributed by atoms with van der Waals surface area (Å²) in [6.45, 7) is 5.48. The van der Waals surface area contributed by atoms with Crippen LogP contribution in [0.15, 0.2) is 65.6 Å². The summed E-state index contributed by atoms with van der Waals surface area (Å²) >= 11 is 14.2. The molecule has 2 unspecified atom stereocenters. The van der Waals surface area contributed by atoms with E-state index in [0.717, 1.165) is 0 Å². The Morgan fingerprint density at radius 3 is 2.03 bits per heavy atom. The summed E-state index contributed by atoms with van der Waals surface area (Å²) in [4.78, 5) is 81.6. The quantitative estimate of drug-likeness (QED) is 0.102. The fraction of sp³-hybridized carbons (Fsp3) is 0.349. The minimum absolute atomic E-state index is 0.00386. The molecule has 0 spiro atoms. The Morgan fingerprint density at radius 1 is 0.836 bits per heavy atom. The van der Waals surface area contributed by atoms with Crippen LogP contribution in [-0.4, -0.2) is 96.7 Å². The van der Waals surface area contributed by atoms with E-state index in [1.54, 1.807) is 57.3 Å². The lowest BCUT2D eigenvalue weighted by atomic mass is 9.97. The third-order valence-corrected chi connectivity index (χ3v) is 11.1. The maximum absolute atomic E-state index is 13.5. The number of fused-ring (bicyclic) bond motifs is 1. The van der Waals surface area contributed by atoms with Crippen molar-refractivity contribution in [2.75, 3.05) is 20.2 Å². The fourth-order valence-corrected chi connectivity index (χ4v) is 8.06. The van der Waals surface area contributed by atoms with Crippen molar-refractivity contribution in [1.82, 2.24) is 40.4 Å². The van der Waals surface area contributed by atoms with Crippen molar-refractivity contribution in [3.05, 3.63) is 92.6 Å². The molecule has 0 bridgehead atoms. The molecule has 318 valence electrons. The summed E-state index contributed by atoms with van der Waals surface area (Å²) in [5, 5.41) is 16.5. The number of aromatic amines is 1. The molecule has 0 saturated carbocycles. The maximum atomic E-state index is 13.5. The van der Waals surface area contributed by atoms with E-state index in [4.69, 9.17) is 37.7 Å². The van der Waals surface area contributed by atoms with E-state index >= 15 is 0 Å². The standard InChI is InChI=1S/C43H44Cl2N8O8/c1-43(2,3)61-42(59)53(21-26-13-16-35(55)48-26)22-33-50-38-31(39(56)51-33)17-24(18-46-38)27-7-5-8-28(36(27)44)29-9-6-10-30(37(29)45)32-14-11-23(40(49-32)60-4)19-52(41(57)58)20-25-12-15-34(54)47-25/h5-11,14,17-18,25-26H,12-13,15-16,19-22H2,1-4H3,(H,47,54)(H,48,55)(H,57,58)(H,46,50,51,56). The zero-order chi connectivity index (χ0) is 43.6. The number of hydrogen-bond donors (Lipinski definition) is 4. The number of nitrogens with zero attached hydrogens (tertiary/aromatic N) is 5. The van der Waals surface area contributed by atoms with Gasteiger partial charge in [-0.1, -0.05) is 59.6 Å². The minimum Gasteiger partial charge on any atom is -0.481 e. The number of ether oxygens (including phenoxy) is 2. The van der Waals surface area contributed by atoms with Gasteiger partial charge in [0.2, 0.25) is 17.7 Å². The molecular weight excluding hydrogens is 827 g/mol. The first kappa shape index (κ1) is 42.8. The molecule has 61 heavy (non-hydrogen) atoms. The van der Waals surface area contributed by atoms with E-state index in [1.165, 1.54) is 16.9 Å². The van der Waals surface area contributed by atoms with Crippen molar-refractivity contribution < 1.29 is 33.8 Å². The van der Waals surface area contributed by atoms with Gasteiger partial charge >= 0.3 is 12.2 Å². The average molecular weight is 872 g/mol. The molecule has 2 fully saturated rings. The first-order chi connectivity index (χ1) is 29.1. The van der Waals surface area contributed by atoms with Gasteiger partial charge in [0.05, 0.1) is 41.3 Å². The molecule has 5 heterocycles. The zero-order valence-electron chi connectivity index (χ0n) is 33.9. The summed E-state index contributed by atoms with van der Waals surface area (Å²) in [6, 6.07) is 15.5. The van der Waals surface area contributed by atoms with Crippen LogP contribution in [0.1, 0.15) is 57.8 Å². The van der Waals surface area contributed by atoms with Crippen molar-refractivity contribution in [3.63, 3.8) is 0 Å². The Kier molecular flexibility index (Phi) is 12.5. The summed E-state index contributed by atoms with van der Waals surface area (Å²) in [7, 11) is 1.45. The number of carbonyl (C=O) groups is 4. The number of methoxy groups -OCH3 is 1. The fourth-order valence-electron chi connectivity index (χ4n) is 7.39. The maximum Gasteiger partial charge on any atom is 0.410 e. The second-order valence-corrected chi connectivity index (χ2v) is 16.7. The smallest absolute Gasteiger partial charge is 0.410 e. The Balaban J connectivity index is 1.14. The van der Waals surface area contributed by atoms with Gasteiger partial charge in [-0.05, 0) is 51.8 Å². The molecule has 2 aliphatic rings. The van der Waals surface area contributed by atoms with Gasteiger partial charge in [-0.3, -0.25) is 19.3 Å². The number of carboxylic acid groups (broad SMARTS) is 1. The van der Waals surface area contributed by atoms with Crippen molar-refractivity contribution >= 4 is 58.2 Å². The Bertz CT molecular complexity index is 2600. The van der Waals surface area contributed by atoms with E-state index in [9.17, 15) is 29.1 Å². The molecule has 0 radical (unpaired) electrons. The van der Waals surface area contributed by atoms with Gasteiger partial charge in [-0.15, -0.1) is 0 Å². The van der Waals surface area contributed by atoms with Crippen LogP contribution in [-0.2, 0) is 27.4 Å². The average Bonchev–Trinajstić information content (AvgIpc) is 3.83. The highest BCUT2D eigenvalue weighted by Gasteiger charge is 2.30. The summed E-state index contributed by atoms with van der Waals surface area (Å²) in [5.74, 6) is 0.229. The molecule has 2 atom stereocenters. The number of carbonyl (C=O) groups excluding carboxylic acids is 3. The van der Waals surface area contributed by atoms with Gasteiger partial charge < -0.3 is 35.1 Å². The summed E-state index contributed by atoms with van der Waals surface area (Å²) in [6.07, 6.45) is 1.66. The van der Waals surface area contributed by atoms with Crippen molar-refractivity contribution in [1.29, 1.82) is 0 Å². The number of H-pyrrole nitrogens is 1. The third kappa shape index (κ3) is 9.87. The predicted molar refractivity (Wildman–Crippen MR) is 228 cm³/mol. The van der Waals surface area contributed by atoms with Gasteiger partial charge in [0.1, 0.15) is 11.4 Å². The van der Waals surface area contributed by atoms with Crippen LogP contribution in [0.3, 0.4) is 0 Å². The zero-order valence-corrected chi connectivity index (χ0v) is 35.4. The van der Waals surface area contributed by atoms with E-state index in [1.807, 2.05) is 24.3 Å². The second-order valence-electron chi connectivity index (χ2n) is 15.9. The first-order valence-corrected chi connectivity index (χ1v) is 20.4. The van der Waals surface area contributed by atoms with Crippen molar-refractivity contribution in [2.45, 2.75) is 77.2 Å². The Hall–Kier alpha value is -6.26. The van der Waals surface area contributed by atoms with Gasteiger partial charge in [0, 0.05) is 77.6 Å². The number of pyridine rings is 2. The normalized spacial score (nSPS) is 16.3. The van der Waals surface area contributed by atoms with Gasteiger partial charge in [0.25, 0.3) is 5.56 Å². The largest absolute Gasteiger partial charge is 0.481 e.